The van der Waals surface area contributed by atoms with Gasteiger partial charge in [0.2, 0.25) is 6.79 Å². The highest BCUT2D eigenvalue weighted by Gasteiger charge is 2.21. The van der Waals surface area contributed by atoms with Crippen LogP contribution in [0.25, 0.3) is 32.6 Å². The van der Waals surface area contributed by atoms with Crippen molar-refractivity contribution in [3.8, 4) is 17.2 Å². The number of nitrogens with zero attached hydrogens (tertiary/aromatic N) is 3. The average molecular weight is 449 g/mol. The number of pyridine rings is 2. The second kappa shape index (κ2) is 8.02. The molecule has 9 nitrogen and oxygen atoms in total. The van der Waals surface area contributed by atoms with Crippen LogP contribution in [-0.2, 0) is 17.9 Å². The zero-order chi connectivity index (χ0) is 23.3. The number of hydrogen-bond donors (Lipinski definition) is 1. The highest BCUT2D eigenvalue weighted by molar-refractivity contribution is 6.15. The molecule has 0 aliphatic carbocycles. The van der Waals surface area contributed by atoms with Gasteiger partial charge in [0.05, 0.1) is 23.0 Å². The molecule has 1 aliphatic heterocycles. The topological polar surface area (TPSA) is 103 Å². The smallest absolute Gasteiger partial charge is 0.308 e. The van der Waals surface area contributed by atoms with Crippen LogP contribution in [0.3, 0.4) is 0 Å². The van der Waals surface area contributed by atoms with Crippen molar-refractivity contribution in [2.24, 2.45) is 0 Å². The number of rotatable bonds is 5. The second-order valence-electron chi connectivity index (χ2n) is 8.26. The summed E-state index contributed by atoms with van der Waals surface area (Å²) in [6, 6.07) is 6.88. The molecule has 4 aromatic rings. The Hall–Kier alpha value is -3.69. The lowest BCUT2D eigenvalue weighted by Gasteiger charge is -2.18. The monoisotopic (exact) mass is 449 g/mol. The van der Waals surface area contributed by atoms with Crippen molar-refractivity contribution in [1.82, 2.24) is 14.5 Å². The van der Waals surface area contributed by atoms with Gasteiger partial charge < -0.3 is 28.8 Å². The van der Waals surface area contributed by atoms with Crippen LogP contribution in [0.1, 0.15) is 12.5 Å². The zero-order valence-electron chi connectivity index (χ0n) is 18.5. The molecular weight excluding hydrogens is 426 g/mol. The van der Waals surface area contributed by atoms with E-state index in [1.54, 1.807) is 16.8 Å². The number of likely N-dealkylation sites (N-methyl/N-ethyl adjacent to an activating group) is 1. The van der Waals surface area contributed by atoms with Crippen LogP contribution in [0.15, 0.2) is 35.3 Å². The predicted molar refractivity (Wildman–Crippen MR) is 123 cm³/mol. The van der Waals surface area contributed by atoms with Gasteiger partial charge in [-0.3, -0.25) is 14.6 Å². The van der Waals surface area contributed by atoms with E-state index in [-0.39, 0.29) is 24.7 Å². The third kappa shape index (κ3) is 3.55. The van der Waals surface area contributed by atoms with Crippen LogP contribution < -0.4 is 19.8 Å². The van der Waals surface area contributed by atoms with Gasteiger partial charge in [0, 0.05) is 48.6 Å². The Kier molecular flexibility index (Phi) is 5.15. The third-order valence-corrected chi connectivity index (χ3v) is 5.77. The van der Waals surface area contributed by atoms with Gasteiger partial charge in [0.15, 0.2) is 11.5 Å². The minimum Gasteiger partial charge on any atom is -0.454 e. The molecule has 9 heteroatoms. The molecule has 0 radical (unpaired) electrons. The number of esters is 1. The van der Waals surface area contributed by atoms with E-state index in [0.717, 1.165) is 16.3 Å². The van der Waals surface area contributed by atoms with Crippen molar-refractivity contribution < 1.29 is 24.1 Å². The van der Waals surface area contributed by atoms with E-state index in [1.165, 1.54) is 13.0 Å². The molecule has 2 aromatic heterocycles. The lowest BCUT2D eigenvalue weighted by atomic mass is 10.0. The first kappa shape index (κ1) is 21.2. The number of ether oxygens (including phenoxy) is 3. The van der Waals surface area contributed by atoms with E-state index in [2.05, 4.69) is 4.98 Å². The Morgan fingerprint density at radius 2 is 1.88 bits per heavy atom. The molecule has 170 valence electrons. The Morgan fingerprint density at radius 1 is 1.12 bits per heavy atom. The molecule has 3 heterocycles. The van der Waals surface area contributed by atoms with Crippen molar-refractivity contribution in [2.45, 2.75) is 20.1 Å². The highest BCUT2D eigenvalue weighted by atomic mass is 16.7. The molecule has 1 aliphatic rings. The number of aliphatic hydroxyl groups excluding tert-OH is 1. The first-order valence-corrected chi connectivity index (χ1v) is 10.5. The average Bonchev–Trinajstić information content (AvgIpc) is 3.24. The maximum atomic E-state index is 13.7. The van der Waals surface area contributed by atoms with E-state index in [9.17, 15) is 14.7 Å². The Balaban J connectivity index is 1.91. The van der Waals surface area contributed by atoms with Crippen LogP contribution >= 0.6 is 0 Å². The molecule has 33 heavy (non-hydrogen) atoms. The van der Waals surface area contributed by atoms with Gasteiger partial charge in [-0.1, -0.05) is 0 Å². The van der Waals surface area contributed by atoms with E-state index >= 15 is 0 Å². The second-order valence-corrected chi connectivity index (χ2v) is 8.26. The van der Waals surface area contributed by atoms with Crippen molar-refractivity contribution in [3.63, 3.8) is 0 Å². The van der Waals surface area contributed by atoms with Crippen molar-refractivity contribution in [1.29, 1.82) is 0 Å². The summed E-state index contributed by atoms with van der Waals surface area (Å²) in [5.41, 5.74) is 1.60. The van der Waals surface area contributed by atoms with Crippen molar-refractivity contribution >= 4 is 38.5 Å². The van der Waals surface area contributed by atoms with Crippen LogP contribution in [0.2, 0.25) is 0 Å². The fourth-order valence-corrected chi connectivity index (χ4v) is 4.21. The minimum atomic E-state index is -0.526. The van der Waals surface area contributed by atoms with Gasteiger partial charge in [-0.05, 0) is 37.7 Å². The third-order valence-electron chi connectivity index (χ3n) is 5.77. The zero-order valence-corrected chi connectivity index (χ0v) is 18.5. The number of benzene rings is 2. The van der Waals surface area contributed by atoms with Gasteiger partial charge in [-0.15, -0.1) is 0 Å². The number of carbonyl (C=O) groups is 1. The summed E-state index contributed by atoms with van der Waals surface area (Å²) in [5, 5.41) is 12.4. The van der Waals surface area contributed by atoms with Crippen LogP contribution in [0.4, 0.5) is 0 Å². The number of hydrogen-bond acceptors (Lipinski definition) is 8. The first-order chi connectivity index (χ1) is 15.9. The fraction of sp³-hybridized carbons (Fsp3) is 0.292. The van der Waals surface area contributed by atoms with E-state index in [0.29, 0.717) is 46.4 Å². The van der Waals surface area contributed by atoms with Gasteiger partial charge in [-0.25, -0.2) is 0 Å². The first-order valence-electron chi connectivity index (χ1n) is 10.5. The number of fused-ring (bicyclic) bond motifs is 6. The minimum absolute atomic E-state index is 0.138. The van der Waals surface area contributed by atoms with Crippen LogP contribution in [-0.4, -0.2) is 53.0 Å². The number of carbonyl (C=O) groups excluding carboxylic acids is 1. The molecule has 0 atom stereocenters. The van der Waals surface area contributed by atoms with E-state index in [1.807, 2.05) is 31.1 Å². The standard InChI is InChI=1S/C24H23N3O6/c1-13(29)33-20-7-16-15(6-14(20)11-28)18-10-25-19-9-22-21(31-12-32-22)8-17(19)23(18)27(24(16)30)5-4-26(2)3/h6-10,28H,4-5,11-12H2,1-3H3. The normalized spacial score (nSPS) is 12.9. The summed E-state index contributed by atoms with van der Waals surface area (Å²) in [6.45, 7) is 2.15. The summed E-state index contributed by atoms with van der Waals surface area (Å²) < 4.78 is 18.1. The van der Waals surface area contributed by atoms with E-state index in [4.69, 9.17) is 14.2 Å². The van der Waals surface area contributed by atoms with E-state index < -0.39 is 5.97 Å². The molecule has 5 rings (SSSR count). The molecule has 2 aromatic carbocycles. The molecule has 0 saturated carbocycles. The van der Waals surface area contributed by atoms with Crippen LogP contribution in [0.5, 0.6) is 17.2 Å². The largest absolute Gasteiger partial charge is 0.454 e. The van der Waals surface area contributed by atoms with Crippen LogP contribution in [0, 0.1) is 0 Å². The molecular formula is C24H23N3O6. The van der Waals surface area contributed by atoms with Crippen molar-refractivity contribution in [3.05, 3.63) is 46.4 Å². The van der Waals surface area contributed by atoms with Gasteiger partial charge in [0.1, 0.15) is 5.75 Å². The fourth-order valence-electron chi connectivity index (χ4n) is 4.21. The lowest BCUT2D eigenvalue weighted by molar-refractivity contribution is -0.131. The molecule has 0 unspecified atom stereocenters. The molecule has 0 spiro atoms. The maximum Gasteiger partial charge on any atom is 0.308 e. The molecule has 0 amide bonds. The van der Waals surface area contributed by atoms with Gasteiger partial charge >= 0.3 is 5.97 Å². The molecule has 1 N–H and O–H groups in total. The van der Waals surface area contributed by atoms with Gasteiger partial charge in [-0.2, -0.15) is 0 Å². The maximum absolute atomic E-state index is 13.7. The SMILES string of the molecule is CC(=O)Oc1cc2c(=O)n(CCN(C)C)c3c4cc5c(cc4ncc3c2cc1CO)OCO5. The molecule has 0 fully saturated rings. The number of aromatic nitrogens is 2. The highest BCUT2D eigenvalue weighted by Crippen LogP contribution is 2.39. The van der Waals surface area contributed by atoms with Gasteiger partial charge in [0.25, 0.3) is 5.56 Å². The number of aliphatic hydroxyl groups is 1. The Bertz CT molecular complexity index is 1490. The summed E-state index contributed by atoms with van der Waals surface area (Å²) in [6.07, 6.45) is 1.72. The Morgan fingerprint density at radius 3 is 2.58 bits per heavy atom. The summed E-state index contributed by atoms with van der Waals surface area (Å²) in [4.78, 5) is 31.9. The quantitative estimate of drug-likeness (QED) is 0.282. The predicted octanol–water partition coefficient (Wildman–Crippen LogP) is 2.41. The molecule has 0 bridgehead atoms. The summed E-state index contributed by atoms with van der Waals surface area (Å²) in [5.74, 6) is 0.863. The summed E-state index contributed by atoms with van der Waals surface area (Å²) >= 11 is 0. The Labute approximate surface area is 188 Å². The summed E-state index contributed by atoms with van der Waals surface area (Å²) in [7, 11) is 3.89. The molecule has 0 saturated heterocycles. The lowest BCUT2D eigenvalue weighted by Crippen LogP contribution is -2.27. The van der Waals surface area contributed by atoms with Crippen molar-refractivity contribution in [2.75, 3.05) is 27.4 Å².